The Morgan fingerprint density at radius 2 is 2.00 bits per heavy atom. The first-order chi connectivity index (χ1) is 12.9. The molecule has 1 saturated heterocycles. The van der Waals surface area contributed by atoms with Crippen LogP contribution in [0.2, 0.25) is 0 Å². The molecule has 148 valence electrons. The minimum Gasteiger partial charge on any atom is -0.481 e. The Morgan fingerprint density at radius 1 is 1.33 bits per heavy atom. The number of hydrogen-bond acceptors (Lipinski definition) is 7. The zero-order valence-electron chi connectivity index (χ0n) is 15.7. The third-order valence-electron chi connectivity index (χ3n) is 3.89. The van der Waals surface area contributed by atoms with Gasteiger partial charge in [0.2, 0.25) is 5.91 Å². The molecule has 27 heavy (non-hydrogen) atoms. The van der Waals surface area contributed by atoms with E-state index in [1.54, 1.807) is 16.9 Å². The molecule has 10 nitrogen and oxygen atoms in total. The molecule has 3 rings (SSSR count). The molecule has 3 N–H and O–H groups in total. The molecule has 0 unspecified atom stereocenters. The van der Waals surface area contributed by atoms with E-state index in [9.17, 15) is 4.79 Å². The average molecular weight is 395 g/mol. The van der Waals surface area contributed by atoms with Gasteiger partial charge in [-0.2, -0.15) is 5.10 Å². The number of amides is 1. The van der Waals surface area contributed by atoms with Crippen LogP contribution >= 0.6 is 11.8 Å². The lowest BCUT2D eigenvalue weighted by Crippen LogP contribution is -2.27. The number of piperidine rings is 1. The Morgan fingerprint density at radius 3 is 2.59 bits per heavy atom. The molecule has 0 bridgehead atoms. The Labute approximate surface area is 161 Å². The fourth-order valence-corrected chi connectivity index (χ4v) is 3.40. The largest absolute Gasteiger partial charge is 0.481 e. The number of thioether (sulfide) groups is 1. The normalized spacial score (nSPS) is 14.3. The third kappa shape index (κ3) is 6.68. The van der Waals surface area contributed by atoms with Crippen LogP contribution < -0.4 is 10.6 Å². The summed E-state index contributed by atoms with van der Waals surface area (Å²) in [6.45, 7) is 3.12. The predicted molar refractivity (Wildman–Crippen MR) is 102 cm³/mol. The summed E-state index contributed by atoms with van der Waals surface area (Å²) in [6.07, 6.45) is 3.95. The molecule has 1 aliphatic rings. The van der Waals surface area contributed by atoms with Gasteiger partial charge in [-0.15, -0.1) is 10.2 Å². The van der Waals surface area contributed by atoms with Gasteiger partial charge in [0.25, 0.3) is 5.97 Å². The summed E-state index contributed by atoms with van der Waals surface area (Å²) in [4.78, 5) is 21.0. The highest BCUT2D eigenvalue weighted by Crippen LogP contribution is 2.26. The Kier molecular flexibility index (Phi) is 7.80. The van der Waals surface area contributed by atoms with Crippen molar-refractivity contribution in [3.05, 3.63) is 18.1 Å². The second-order valence-electron chi connectivity index (χ2n) is 6.15. The molecule has 2 aromatic heterocycles. The van der Waals surface area contributed by atoms with Gasteiger partial charge in [0.15, 0.2) is 11.0 Å². The van der Waals surface area contributed by atoms with E-state index < -0.39 is 5.97 Å². The predicted octanol–water partition coefficient (Wildman–Crippen LogP) is 0.837. The molecule has 0 aromatic carbocycles. The van der Waals surface area contributed by atoms with Crippen LogP contribution in [0.5, 0.6) is 0 Å². The number of carboxylic acid groups (broad SMARTS) is 1. The number of hydrogen-bond donors (Lipinski definition) is 3. The molecule has 1 amide bonds. The third-order valence-corrected chi connectivity index (χ3v) is 4.91. The van der Waals surface area contributed by atoms with E-state index in [4.69, 9.17) is 9.90 Å². The molecule has 1 fully saturated rings. The van der Waals surface area contributed by atoms with Crippen LogP contribution in [0.25, 0.3) is 0 Å². The molecule has 3 heterocycles. The van der Waals surface area contributed by atoms with E-state index in [0.717, 1.165) is 43.8 Å². The monoisotopic (exact) mass is 395 g/mol. The second kappa shape index (κ2) is 10.1. The SMILES string of the molecule is CC(=O)O.Cn1ccc(NC(=O)CSc2nnc(C3CCNCC3)n2C)n1. The maximum Gasteiger partial charge on any atom is 0.300 e. The summed E-state index contributed by atoms with van der Waals surface area (Å²) < 4.78 is 3.66. The van der Waals surface area contributed by atoms with Crippen molar-refractivity contribution in [3.63, 3.8) is 0 Å². The summed E-state index contributed by atoms with van der Waals surface area (Å²) in [7, 11) is 3.78. The Hall–Kier alpha value is -2.40. The summed E-state index contributed by atoms with van der Waals surface area (Å²) in [5, 5.41) is 27.0. The summed E-state index contributed by atoms with van der Waals surface area (Å²) in [5.74, 6) is 1.38. The van der Waals surface area contributed by atoms with Crippen LogP contribution in [0.3, 0.4) is 0 Å². The molecule has 0 atom stereocenters. The summed E-state index contributed by atoms with van der Waals surface area (Å²) in [6, 6.07) is 1.76. The molecule has 0 spiro atoms. The first-order valence-corrected chi connectivity index (χ1v) is 9.57. The van der Waals surface area contributed by atoms with Crippen LogP contribution in [0, 0.1) is 0 Å². The summed E-state index contributed by atoms with van der Waals surface area (Å²) >= 11 is 1.39. The molecule has 0 radical (unpaired) electrons. The Bertz CT molecular complexity index is 764. The van der Waals surface area contributed by atoms with Gasteiger partial charge in [0, 0.05) is 39.2 Å². The fraction of sp³-hybridized carbons (Fsp3) is 0.562. The molecular formula is C16H25N7O3S. The second-order valence-corrected chi connectivity index (χ2v) is 7.10. The van der Waals surface area contributed by atoms with Gasteiger partial charge < -0.3 is 20.3 Å². The molecule has 1 aliphatic heterocycles. The van der Waals surface area contributed by atoms with Crippen molar-refractivity contribution in [2.75, 3.05) is 24.2 Å². The van der Waals surface area contributed by atoms with E-state index in [-0.39, 0.29) is 11.7 Å². The van der Waals surface area contributed by atoms with Crippen LogP contribution in [0.1, 0.15) is 31.5 Å². The topological polar surface area (TPSA) is 127 Å². The smallest absolute Gasteiger partial charge is 0.300 e. The molecule has 2 aromatic rings. The number of aliphatic carboxylic acids is 1. The molecule has 0 aliphatic carbocycles. The quantitative estimate of drug-likeness (QED) is 0.636. The number of nitrogens with zero attached hydrogens (tertiary/aromatic N) is 5. The highest BCUT2D eigenvalue weighted by molar-refractivity contribution is 7.99. The zero-order valence-corrected chi connectivity index (χ0v) is 16.5. The first-order valence-electron chi connectivity index (χ1n) is 8.58. The van der Waals surface area contributed by atoms with Crippen molar-refractivity contribution in [1.82, 2.24) is 29.9 Å². The van der Waals surface area contributed by atoms with Gasteiger partial charge in [0.05, 0.1) is 5.75 Å². The minimum absolute atomic E-state index is 0.0971. The number of nitrogens with one attached hydrogen (secondary N) is 2. The van der Waals surface area contributed by atoms with E-state index in [1.807, 2.05) is 18.7 Å². The number of carboxylic acids is 1. The van der Waals surface area contributed by atoms with Gasteiger partial charge in [0.1, 0.15) is 5.82 Å². The standard InChI is InChI=1S/C14H21N7OS.C2H4O2/c1-20-8-5-11(19-20)16-12(22)9-23-14-18-17-13(21(14)2)10-3-6-15-7-4-10;1-2(3)4/h5,8,10,15H,3-4,6-7,9H2,1-2H3,(H,16,19,22);1H3,(H,3,4). The molecular weight excluding hydrogens is 370 g/mol. The number of carbonyl (C=O) groups is 2. The molecule has 11 heteroatoms. The van der Waals surface area contributed by atoms with Crippen molar-refractivity contribution in [1.29, 1.82) is 0 Å². The Balaban J connectivity index is 0.000000596. The van der Waals surface area contributed by atoms with Crippen molar-refractivity contribution in [2.24, 2.45) is 14.1 Å². The first kappa shape index (κ1) is 20.9. The lowest BCUT2D eigenvalue weighted by atomic mass is 9.97. The van der Waals surface area contributed by atoms with Crippen LogP contribution in [0.4, 0.5) is 5.82 Å². The van der Waals surface area contributed by atoms with Gasteiger partial charge in [-0.1, -0.05) is 11.8 Å². The number of aromatic nitrogens is 5. The number of carbonyl (C=O) groups excluding carboxylic acids is 1. The number of rotatable bonds is 5. The minimum atomic E-state index is -0.833. The number of anilines is 1. The van der Waals surface area contributed by atoms with E-state index in [1.165, 1.54) is 11.8 Å². The average Bonchev–Trinajstić information content (AvgIpc) is 3.19. The van der Waals surface area contributed by atoms with Crippen molar-refractivity contribution in [3.8, 4) is 0 Å². The van der Waals surface area contributed by atoms with Crippen molar-refractivity contribution >= 4 is 29.5 Å². The lowest BCUT2D eigenvalue weighted by Gasteiger charge is -2.21. The van der Waals surface area contributed by atoms with Crippen molar-refractivity contribution in [2.45, 2.75) is 30.8 Å². The maximum atomic E-state index is 12.0. The van der Waals surface area contributed by atoms with Crippen LogP contribution in [-0.2, 0) is 23.7 Å². The van der Waals surface area contributed by atoms with Crippen LogP contribution in [-0.4, -0.2) is 60.4 Å². The van der Waals surface area contributed by atoms with E-state index in [2.05, 4.69) is 25.9 Å². The van der Waals surface area contributed by atoms with Crippen LogP contribution in [0.15, 0.2) is 17.4 Å². The fourth-order valence-electron chi connectivity index (χ4n) is 2.68. The molecule has 0 saturated carbocycles. The van der Waals surface area contributed by atoms with E-state index >= 15 is 0 Å². The lowest BCUT2D eigenvalue weighted by molar-refractivity contribution is -0.134. The van der Waals surface area contributed by atoms with Gasteiger partial charge in [-0.25, -0.2) is 0 Å². The van der Waals surface area contributed by atoms with Crippen molar-refractivity contribution < 1.29 is 14.7 Å². The summed E-state index contributed by atoms with van der Waals surface area (Å²) in [5.41, 5.74) is 0. The maximum absolute atomic E-state index is 12.0. The highest BCUT2D eigenvalue weighted by Gasteiger charge is 2.22. The van der Waals surface area contributed by atoms with E-state index in [0.29, 0.717) is 11.7 Å². The van der Waals surface area contributed by atoms with Gasteiger partial charge in [-0.3, -0.25) is 14.3 Å². The highest BCUT2D eigenvalue weighted by atomic mass is 32.2. The van der Waals surface area contributed by atoms with Gasteiger partial charge >= 0.3 is 0 Å². The number of aryl methyl sites for hydroxylation is 1. The van der Waals surface area contributed by atoms with Gasteiger partial charge in [-0.05, 0) is 25.9 Å². The zero-order chi connectivity index (χ0) is 19.8.